The van der Waals surface area contributed by atoms with E-state index in [1.807, 2.05) is 24.3 Å². The zero-order valence-electron chi connectivity index (χ0n) is 20.9. The summed E-state index contributed by atoms with van der Waals surface area (Å²) in [6, 6.07) is 10.0. The Morgan fingerprint density at radius 2 is 1.77 bits per heavy atom. The largest absolute Gasteiger partial charge is 0.573 e. The van der Waals surface area contributed by atoms with Crippen molar-refractivity contribution in [3.63, 3.8) is 0 Å². The van der Waals surface area contributed by atoms with Crippen LogP contribution in [0, 0.1) is 5.92 Å². The number of carboxylic acids is 1. The number of benzene rings is 2. The minimum atomic E-state index is -5.01. The van der Waals surface area contributed by atoms with Crippen molar-refractivity contribution in [3.8, 4) is 5.75 Å². The molecule has 2 aromatic carbocycles. The van der Waals surface area contributed by atoms with Gasteiger partial charge in [0.25, 0.3) is 0 Å². The van der Waals surface area contributed by atoms with Crippen LogP contribution in [0.3, 0.4) is 0 Å². The highest BCUT2D eigenvalue weighted by molar-refractivity contribution is 6.48. The zero-order chi connectivity index (χ0) is 27.9. The molecule has 2 aliphatic carbocycles. The summed E-state index contributed by atoms with van der Waals surface area (Å²) in [6.45, 7) is 0. The van der Waals surface area contributed by atoms with Gasteiger partial charge in [0.2, 0.25) is 11.6 Å². The van der Waals surface area contributed by atoms with Crippen molar-refractivity contribution in [3.05, 3.63) is 58.6 Å². The van der Waals surface area contributed by atoms with Crippen LogP contribution in [0.15, 0.2) is 42.5 Å². The van der Waals surface area contributed by atoms with Gasteiger partial charge in [-0.25, -0.2) is 0 Å². The number of hydrogen-bond donors (Lipinski definition) is 3. The Morgan fingerprint density at radius 3 is 2.44 bits per heavy atom. The van der Waals surface area contributed by atoms with E-state index in [-0.39, 0.29) is 23.0 Å². The van der Waals surface area contributed by atoms with Crippen molar-refractivity contribution in [2.75, 3.05) is 5.32 Å². The Hall–Kier alpha value is -3.11. The molecular weight excluding hydrogens is 537 g/mol. The third kappa shape index (κ3) is 5.36. The number of anilines is 1. The van der Waals surface area contributed by atoms with E-state index in [2.05, 4.69) is 15.4 Å². The van der Waals surface area contributed by atoms with E-state index in [1.54, 1.807) is 0 Å². The van der Waals surface area contributed by atoms with Crippen LogP contribution >= 0.6 is 11.6 Å². The Kier molecular flexibility index (Phi) is 7.37. The molecule has 11 heteroatoms. The lowest BCUT2D eigenvalue weighted by atomic mass is 9.64. The maximum atomic E-state index is 13.6. The minimum absolute atomic E-state index is 0.0169. The van der Waals surface area contributed by atoms with Crippen molar-refractivity contribution in [2.24, 2.45) is 5.92 Å². The molecule has 0 amide bonds. The van der Waals surface area contributed by atoms with Gasteiger partial charge in [0, 0.05) is 35.7 Å². The van der Waals surface area contributed by atoms with Crippen LogP contribution in [0.25, 0.3) is 0 Å². The number of para-hydroxylation sites is 1. The summed E-state index contributed by atoms with van der Waals surface area (Å²) in [5, 5.41) is 17.4. The molecule has 0 saturated heterocycles. The number of nitrogens with one attached hydrogen (secondary N) is 2. The molecule has 2 saturated carbocycles. The number of hydrogen-bond acceptors (Lipinski definition) is 6. The van der Waals surface area contributed by atoms with Crippen LogP contribution in [0.1, 0.15) is 66.8 Å². The number of aliphatic carboxylic acids is 1. The third-order valence-corrected chi connectivity index (χ3v) is 8.55. The van der Waals surface area contributed by atoms with Crippen LogP contribution in [0.5, 0.6) is 5.75 Å². The van der Waals surface area contributed by atoms with Gasteiger partial charge in [-0.3, -0.25) is 19.7 Å². The lowest BCUT2D eigenvalue weighted by molar-refractivity contribution is -0.274. The molecule has 39 heavy (non-hydrogen) atoms. The van der Waals surface area contributed by atoms with E-state index in [4.69, 9.17) is 11.6 Å². The lowest BCUT2D eigenvalue weighted by Crippen LogP contribution is -2.64. The fourth-order valence-electron chi connectivity index (χ4n) is 6.33. The number of rotatable bonds is 9. The van der Waals surface area contributed by atoms with E-state index in [0.29, 0.717) is 0 Å². The van der Waals surface area contributed by atoms with Gasteiger partial charge in [0.15, 0.2) is 0 Å². The molecule has 4 atom stereocenters. The quantitative estimate of drug-likeness (QED) is 0.264. The lowest BCUT2D eigenvalue weighted by Gasteiger charge is -2.49. The number of halogens is 4. The molecule has 2 aromatic rings. The van der Waals surface area contributed by atoms with Gasteiger partial charge in [-0.15, -0.1) is 13.2 Å². The predicted octanol–water partition coefficient (Wildman–Crippen LogP) is 5.72. The molecule has 3 N–H and O–H groups in total. The fraction of sp³-hybridized carbons (Fsp3) is 0.464. The third-order valence-electron chi connectivity index (χ3n) is 8.22. The molecule has 2 unspecified atom stereocenters. The van der Waals surface area contributed by atoms with Gasteiger partial charge in [-0.2, -0.15) is 0 Å². The SMILES string of the molecule is O=C(CC(NC1CCC1)(C(=O)O)C1c2ccccc2N[C@@H]2CCC[C@H]12)C(=O)c1cc(OC(F)(F)F)ccc1Cl. The number of alkyl halides is 3. The summed E-state index contributed by atoms with van der Waals surface area (Å²) in [5.74, 6) is -4.89. The van der Waals surface area contributed by atoms with Crippen molar-refractivity contribution in [2.45, 2.75) is 74.8 Å². The van der Waals surface area contributed by atoms with Crippen molar-refractivity contribution < 1.29 is 37.4 Å². The van der Waals surface area contributed by atoms with E-state index < -0.39 is 53.1 Å². The normalized spacial score (nSPS) is 23.9. The average Bonchev–Trinajstić information content (AvgIpc) is 3.31. The summed E-state index contributed by atoms with van der Waals surface area (Å²) in [4.78, 5) is 40.1. The molecule has 3 aliphatic rings. The van der Waals surface area contributed by atoms with Gasteiger partial charge in [-0.05, 0) is 61.4 Å². The first-order valence-electron chi connectivity index (χ1n) is 13.0. The van der Waals surface area contributed by atoms with Gasteiger partial charge in [0.1, 0.15) is 11.3 Å². The highest BCUT2D eigenvalue weighted by atomic mass is 35.5. The van der Waals surface area contributed by atoms with Crippen LogP contribution < -0.4 is 15.4 Å². The van der Waals surface area contributed by atoms with Crippen LogP contribution in [0.2, 0.25) is 5.02 Å². The number of Topliss-reactive ketones (excluding diaryl/α,β-unsaturated/α-hetero) is 2. The van der Waals surface area contributed by atoms with E-state index in [9.17, 15) is 32.7 Å². The average molecular weight is 565 g/mol. The summed E-state index contributed by atoms with van der Waals surface area (Å²) >= 11 is 6.09. The molecule has 0 radical (unpaired) electrons. The van der Waals surface area contributed by atoms with Gasteiger partial charge >= 0.3 is 12.3 Å². The van der Waals surface area contributed by atoms with Crippen LogP contribution in [-0.4, -0.2) is 46.6 Å². The Labute approximate surface area is 228 Å². The second-order valence-corrected chi connectivity index (χ2v) is 11.0. The number of carboxylic acid groups (broad SMARTS) is 1. The maximum absolute atomic E-state index is 13.6. The number of ether oxygens (including phenoxy) is 1. The van der Waals surface area contributed by atoms with Gasteiger partial charge in [-0.1, -0.05) is 42.6 Å². The first-order valence-corrected chi connectivity index (χ1v) is 13.4. The summed E-state index contributed by atoms with van der Waals surface area (Å²) < 4.78 is 42.1. The topological polar surface area (TPSA) is 105 Å². The van der Waals surface area contributed by atoms with E-state index in [1.165, 1.54) is 0 Å². The first kappa shape index (κ1) is 27.5. The monoisotopic (exact) mass is 564 g/mol. The molecule has 5 rings (SSSR count). The smallest absolute Gasteiger partial charge is 0.480 e. The molecule has 1 heterocycles. The molecule has 1 aliphatic heterocycles. The number of carbonyl (C=O) groups excluding carboxylic acids is 2. The molecule has 0 spiro atoms. The maximum Gasteiger partial charge on any atom is 0.573 e. The Bertz CT molecular complexity index is 1300. The van der Waals surface area contributed by atoms with Crippen molar-refractivity contribution in [1.29, 1.82) is 0 Å². The van der Waals surface area contributed by atoms with E-state index >= 15 is 0 Å². The highest BCUT2D eigenvalue weighted by Gasteiger charge is 2.57. The Balaban J connectivity index is 1.54. The highest BCUT2D eigenvalue weighted by Crippen LogP contribution is 2.52. The second kappa shape index (κ2) is 10.5. The summed E-state index contributed by atoms with van der Waals surface area (Å²) in [5.41, 5.74) is -0.731. The summed E-state index contributed by atoms with van der Waals surface area (Å²) in [6.07, 6.45) is -0.811. The van der Waals surface area contributed by atoms with Gasteiger partial charge < -0.3 is 15.2 Å². The standard InChI is InChI=1S/C28H28ClF3N2O5/c29-20-12-11-16(39-28(30,31)32)13-19(20)25(36)23(35)14-27(26(37)38,34-15-5-3-6-15)24-17-7-1-2-9-21(17)33-22-10-4-8-18(22)24/h1-2,7,9,11-13,15,18,22,24,33-34H,3-6,8,10,14H2,(H,37,38)/t18-,22+,24?,27?/m0/s1. The minimum Gasteiger partial charge on any atom is -0.480 e. The van der Waals surface area contributed by atoms with Crippen molar-refractivity contribution >= 4 is 34.8 Å². The molecule has 208 valence electrons. The Morgan fingerprint density at radius 1 is 1.05 bits per heavy atom. The van der Waals surface area contributed by atoms with Crippen LogP contribution in [-0.2, 0) is 9.59 Å². The number of fused-ring (bicyclic) bond motifs is 2. The molecular formula is C28H28ClF3N2O5. The number of carbonyl (C=O) groups is 3. The van der Waals surface area contributed by atoms with Crippen molar-refractivity contribution in [1.82, 2.24) is 5.32 Å². The first-order chi connectivity index (χ1) is 18.5. The number of ketones is 2. The van der Waals surface area contributed by atoms with Gasteiger partial charge in [0.05, 0.1) is 5.02 Å². The zero-order valence-corrected chi connectivity index (χ0v) is 21.6. The van der Waals surface area contributed by atoms with Crippen LogP contribution in [0.4, 0.5) is 18.9 Å². The molecule has 2 fully saturated rings. The second-order valence-electron chi connectivity index (χ2n) is 10.6. The molecule has 7 nitrogen and oxygen atoms in total. The molecule has 0 aromatic heterocycles. The van der Waals surface area contributed by atoms with E-state index in [0.717, 1.165) is 68.0 Å². The summed E-state index contributed by atoms with van der Waals surface area (Å²) in [7, 11) is 0. The molecule has 0 bridgehead atoms. The fourth-order valence-corrected chi connectivity index (χ4v) is 6.53. The predicted molar refractivity (Wildman–Crippen MR) is 137 cm³/mol.